The molecule has 0 radical (unpaired) electrons. The largest absolute Gasteiger partial charge is 0.481 e. The third kappa shape index (κ3) is 11.1. The molecule has 33 heavy (non-hydrogen) atoms. The van der Waals surface area contributed by atoms with Crippen LogP contribution >= 0.6 is 0 Å². The lowest BCUT2D eigenvalue weighted by Gasteiger charge is -2.21. The van der Waals surface area contributed by atoms with Crippen LogP contribution < -0.4 is 27.4 Å². The van der Waals surface area contributed by atoms with E-state index >= 15 is 0 Å². The molecule has 3 amide bonds. The number of nitrogens with one attached hydrogen (secondary N) is 3. The molecule has 3 atom stereocenters. The maximum absolute atomic E-state index is 12.4. The smallest absolute Gasteiger partial charge is 0.326 e. The Balaban J connectivity index is 2.62. The molecule has 0 aliphatic heterocycles. The van der Waals surface area contributed by atoms with Crippen molar-refractivity contribution < 1.29 is 34.2 Å². The summed E-state index contributed by atoms with van der Waals surface area (Å²) in [6.07, 6.45) is 0.578. The second-order valence-electron chi connectivity index (χ2n) is 7.42. The van der Waals surface area contributed by atoms with E-state index in [4.69, 9.17) is 16.6 Å². The third-order valence-electron chi connectivity index (χ3n) is 4.65. The minimum absolute atomic E-state index is 0.0986. The van der Waals surface area contributed by atoms with Gasteiger partial charge in [-0.2, -0.15) is 0 Å². The molecule has 1 aromatic carbocycles. The Morgan fingerprint density at radius 3 is 2.15 bits per heavy atom. The fraction of sp³-hybridized carbons (Fsp3) is 0.476. The molecule has 0 spiro atoms. The number of carboxylic acid groups (broad SMARTS) is 2. The predicted octanol–water partition coefficient (Wildman–Crippen LogP) is -1.67. The van der Waals surface area contributed by atoms with Crippen LogP contribution in [-0.4, -0.2) is 71.1 Å². The zero-order chi connectivity index (χ0) is 24.8. The van der Waals surface area contributed by atoms with Gasteiger partial charge in [0.05, 0.1) is 19.0 Å². The molecule has 0 fully saturated rings. The van der Waals surface area contributed by atoms with Crippen molar-refractivity contribution in [2.45, 2.75) is 50.2 Å². The number of hydrogen-bond donors (Lipinski definition) is 7. The number of carbonyl (C=O) groups excluding carboxylic acids is 3. The van der Waals surface area contributed by atoms with Crippen molar-refractivity contribution in [2.24, 2.45) is 11.5 Å². The number of hydrogen-bond acceptors (Lipinski definition) is 7. The first-order valence-corrected chi connectivity index (χ1v) is 10.5. The number of unbranched alkanes of at least 4 members (excludes halogenated alkanes) is 1. The molecule has 12 heteroatoms. The quantitative estimate of drug-likeness (QED) is 0.147. The first-order valence-electron chi connectivity index (χ1n) is 10.5. The van der Waals surface area contributed by atoms with Gasteiger partial charge in [0.25, 0.3) is 0 Å². The number of rotatable bonds is 15. The number of benzene rings is 1. The van der Waals surface area contributed by atoms with Crippen molar-refractivity contribution in [1.29, 1.82) is 0 Å². The molecular weight excluding hydrogens is 434 g/mol. The SMILES string of the molecule is NCCCCC(NC(=O)C(CC(=O)O)NC(=O)CNC(=O)C(N)Cc1ccccc1)C(=O)O. The first kappa shape index (κ1) is 27.5. The van der Waals surface area contributed by atoms with Crippen LogP contribution in [0.2, 0.25) is 0 Å². The lowest BCUT2D eigenvalue weighted by molar-refractivity contribution is -0.143. The highest BCUT2D eigenvalue weighted by atomic mass is 16.4. The highest BCUT2D eigenvalue weighted by Gasteiger charge is 2.28. The zero-order valence-corrected chi connectivity index (χ0v) is 18.2. The van der Waals surface area contributed by atoms with Crippen LogP contribution in [0, 0.1) is 0 Å². The molecule has 182 valence electrons. The summed E-state index contributed by atoms with van der Waals surface area (Å²) in [6.45, 7) is -0.178. The van der Waals surface area contributed by atoms with Crippen LogP contribution in [0.4, 0.5) is 0 Å². The number of aliphatic carboxylic acids is 2. The van der Waals surface area contributed by atoms with Crippen molar-refractivity contribution in [1.82, 2.24) is 16.0 Å². The number of nitrogens with two attached hydrogens (primary N) is 2. The molecule has 0 heterocycles. The van der Waals surface area contributed by atoms with Crippen LogP contribution in [0.5, 0.6) is 0 Å². The average molecular weight is 466 g/mol. The molecule has 9 N–H and O–H groups in total. The normalized spacial score (nSPS) is 13.3. The summed E-state index contributed by atoms with van der Waals surface area (Å²) >= 11 is 0. The molecule has 0 aromatic heterocycles. The van der Waals surface area contributed by atoms with Gasteiger partial charge in [0.1, 0.15) is 12.1 Å². The molecule has 1 rings (SSSR count). The van der Waals surface area contributed by atoms with Gasteiger partial charge in [0, 0.05) is 0 Å². The minimum Gasteiger partial charge on any atom is -0.481 e. The highest BCUT2D eigenvalue weighted by molar-refractivity contribution is 5.94. The summed E-state index contributed by atoms with van der Waals surface area (Å²) in [6, 6.07) is 5.33. The second-order valence-corrected chi connectivity index (χ2v) is 7.42. The van der Waals surface area contributed by atoms with Crippen LogP contribution in [0.1, 0.15) is 31.2 Å². The van der Waals surface area contributed by atoms with Crippen molar-refractivity contribution in [3.05, 3.63) is 35.9 Å². The second kappa shape index (κ2) is 14.5. The number of amides is 3. The monoisotopic (exact) mass is 465 g/mol. The Labute approximate surface area is 191 Å². The third-order valence-corrected chi connectivity index (χ3v) is 4.65. The van der Waals surface area contributed by atoms with E-state index in [0.717, 1.165) is 5.56 Å². The van der Waals surface area contributed by atoms with E-state index in [-0.39, 0.29) is 12.8 Å². The van der Waals surface area contributed by atoms with Gasteiger partial charge in [-0.3, -0.25) is 19.2 Å². The predicted molar refractivity (Wildman–Crippen MR) is 118 cm³/mol. The Kier molecular flexibility index (Phi) is 12.1. The summed E-state index contributed by atoms with van der Waals surface area (Å²) in [5.74, 6) is -5.05. The highest BCUT2D eigenvalue weighted by Crippen LogP contribution is 2.04. The van der Waals surface area contributed by atoms with Crippen molar-refractivity contribution in [3.8, 4) is 0 Å². The standard InChI is InChI=1S/C21H31N5O7/c22-9-5-4-8-15(21(32)33)26-20(31)16(11-18(28)29)25-17(27)12-24-19(30)14(23)10-13-6-2-1-3-7-13/h1-3,6-7,14-16H,4-5,8-12,22-23H2,(H,24,30)(H,25,27)(H,26,31)(H,28,29)(H,32,33). The van der Waals surface area contributed by atoms with E-state index < -0.39 is 60.8 Å². The fourth-order valence-electron chi connectivity index (χ4n) is 2.91. The van der Waals surface area contributed by atoms with Gasteiger partial charge in [-0.25, -0.2) is 4.79 Å². The van der Waals surface area contributed by atoms with Crippen molar-refractivity contribution >= 4 is 29.7 Å². The molecule has 0 bridgehead atoms. The van der Waals surface area contributed by atoms with Crippen molar-refractivity contribution in [3.63, 3.8) is 0 Å². The summed E-state index contributed by atoms with van der Waals surface area (Å²) < 4.78 is 0. The van der Waals surface area contributed by atoms with Gasteiger partial charge in [-0.05, 0) is 37.8 Å². The van der Waals surface area contributed by atoms with Crippen LogP contribution in [0.25, 0.3) is 0 Å². The Morgan fingerprint density at radius 2 is 1.58 bits per heavy atom. The molecule has 1 aromatic rings. The van der Waals surface area contributed by atoms with Crippen LogP contribution in [0.15, 0.2) is 30.3 Å². The fourth-order valence-corrected chi connectivity index (χ4v) is 2.91. The van der Waals surface area contributed by atoms with E-state index in [1.165, 1.54) is 0 Å². The summed E-state index contributed by atoms with van der Waals surface area (Å²) in [5.41, 5.74) is 12.0. The molecule has 0 aliphatic carbocycles. The molecular formula is C21H31N5O7. The summed E-state index contributed by atoms with van der Waals surface area (Å²) in [5, 5.41) is 25.1. The number of carboxylic acids is 2. The maximum atomic E-state index is 12.4. The number of carbonyl (C=O) groups is 5. The van der Waals surface area contributed by atoms with E-state index in [2.05, 4.69) is 16.0 Å². The molecule has 0 saturated heterocycles. The van der Waals surface area contributed by atoms with Gasteiger partial charge in [0.2, 0.25) is 17.7 Å². The van der Waals surface area contributed by atoms with Crippen LogP contribution in [-0.2, 0) is 30.4 Å². The van der Waals surface area contributed by atoms with Gasteiger partial charge in [-0.15, -0.1) is 0 Å². The Bertz CT molecular complexity index is 818. The Hall–Kier alpha value is -3.51. The van der Waals surface area contributed by atoms with E-state index in [1.807, 2.05) is 6.07 Å². The lowest BCUT2D eigenvalue weighted by Crippen LogP contribution is -2.54. The van der Waals surface area contributed by atoms with Crippen molar-refractivity contribution in [2.75, 3.05) is 13.1 Å². The zero-order valence-electron chi connectivity index (χ0n) is 18.2. The summed E-state index contributed by atoms with van der Waals surface area (Å²) in [4.78, 5) is 59.2. The van der Waals surface area contributed by atoms with E-state index in [1.54, 1.807) is 24.3 Å². The average Bonchev–Trinajstić information content (AvgIpc) is 2.76. The molecule has 12 nitrogen and oxygen atoms in total. The van der Waals surface area contributed by atoms with Gasteiger partial charge in [0.15, 0.2) is 0 Å². The Morgan fingerprint density at radius 1 is 0.909 bits per heavy atom. The molecule has 0 aliphatic rings. The topological polar surface area (TPSA) is 214 Å². The van der Waals surface area contributed by atoms with E-state index in [9.17, 15) is 29.1 Å². The van der Waals surface area contributed by atoms with Crippen LogP contribution in [0.3, 0.4) is 0 Å². The van der Waals surface area contributed by atoms with Gasteiger partial charge in [-0.1, -0.05) is 30.3 Å². The summed E-state index contributed by atoms with van der Waals surface area (Å²) in [7, 11) is 0. The minimum atomic E-state index is -1.53. The maximum Gasteiger partial charge on any atom is 0.326 e. The molecule has 3 unspecified atom stereocenters. The van der Waals surface area contributed by atoms with Gasteiger partial charge >= 0.3 is 11.9 Å². The van der Waals surface area contributed by atoms with E-state index in [0.29, 0.717) is 19.4 Å². The van der Waals surface area contributed by atoms with Gasteiger partial charge < -0.3 is 37.6 Å². The lowest BCUT2D eigenvalue weighted by atomic mass is 10.1. The molecule has 0 saturated carbocycles. The first-order chi connectivity index (χ1) is 15.6.